The molecule has 2 rings (SSSR count). The van der Waals surface area contributed by atoms with Gasteiger partial charge in [0.2, 0.25) is 0 Å². The Balaban J connectivity index is 2.10. The van der Waals surface area contributed by atoms with Gasteiger partial charge in [0, 0.05) is 11.1 Å². The predicted octanol–water partition coefficient (Wildman–Crippen LogP) is 3.02. The molecule has 0 aliphatic carbocycles. The van der Waals surface area contributed by atoms with Crippen molar-refractivity contribution < 1.29 is 13.6 Å². The van der Waals surface area contributed by atoms with Gasteiger partial charge >= 0.3 is 0 Å². The highest BCUT2D eigenvalue weighted by Crippen LogP contribution is 2.28. The fourth-order valence-electron chi connectivity index (χ4n) is 2.39. The Morgan fingerprint density at radius 3 is 2.61 bits per heavy atom. The number of hydrogen-bond acceptors (Lipinski definition) is 2. The minimum Gasteiger partial charge on any atom is -0.293 e. The van der Waals surface area contributed by atoms with E-state index in [1.54, 1.807) is 0 Å². The molecular weight excluding hydrogens is 236 g/mol. The molecule has 2 nitrogen and oxygen atoms in total. The molecule has 1 aromatic rings. The fourth-order valence-corrected chi connectivity index (χ4v) is 2.39. The second-order valence-electron chi connectivity index (χ2n) is 5.39. The van der Waals surface area contributed by atoms with E-state index < -0.39 is 11.6 Å². The summed E-state index contributed by atoms with van der Waals surface area (Å²) in [7, 11) is 0. The number of likely N-dealkylation sites (tertiary alicyclic amines) is 1. The van der Waals surface area contributed by atoms with Crippen LogP contribution in [0.1, 0.15) is 37.0 Å². The molecule has 0 unspecified atom stereocenters. The van der Waals surface area contributed by atoms with Crippen LogP contribution in [0.3, 0.4) is 0 Å². The van der Waals surface area contributed by atoms with Crippen LogP contribution >= 0.6 is 0 Å². The fraction of sp³-hybridized carbons (Fsp3) is 0.500. The van der Waals surface area contributed by atoms with E-state index in [-0.39, 0.29) is 23.4 Å². The van der Waals surface area contributed by atoms with Crippen LogP contribution in [0.25, 0.3) is 0 Å². The van der Waals surface area contributed by atoms with Gasteiger partial charge in [-0.1, -0.05) is 0 Å². The van der Waals surface area contributed by atoms with Crippen LogP contribution in [-0.4, -0.2) is 29.3 Å². The molecule has 0 bridgehead atoms. The Labute approximate surface area is 106 Å². The van der Waals surface area contributed by atoms with Crippen molar-refractivity contribution in [2.24, 2.45) is 0 Å². The highest BCUT2D eigenvalue weighted by Gasteiger charge is 2.33. The van der Waals surface area contributed by atoms with E-state index in [4.69, 9.17) is 0 Å². The lowest BCUT2D eigenvalue weighted by atomic mass is 10.0. The second-order valence-corrected chi connectivity index (χ2v) is 5.39. The molecule has 1 heterocycles. The number of halogens is 2. The van der Waals surface area contributed by atoms with Gasteiger partial charge in [0.25, 0.3) is 0 Å². The van der Waals surface area contributed by atoms with Crippen LogP contribution < -0.4 is 0 Å². The van der Waals surface area contributed by atoms with Crippen LogP contribution in [0.2, 0.25) is 0 Å². The van der Waals surface area contributed by atoms with Crippen molar-refractivity contribution in [1.29, 1.82) is 0 Å². The van der Waals surface area contributed by atoms with Crippen molar-refractivity contribution in [2.75, 3.05) is 13.1 Å². The van der Waals surface area contributed by atoms with Crippen LogP contribution in [-0.2, 0) is 0 Å². The van der Waals surface area contributed by atoms with Crippen LogP contribution in [0, 0.1) is 11.6 Å². The van der Waals surface area contributed by atoms with E-state index in [1.807, 2.05) is 0 Å². The molecule has 0 amide bonds. The molecule has 18 heavy (non-hydrogen) atoms. The van der Waals surface area contributed by atoms with E-state index in [1.165, 1.54) is 6.07 Å². The van der Waals surface area contributed by atoms with Gasteiger partial charge in [-0.15, -0.1) is 0 Å². The summed E-state index contributed by atoms with van der Waals surface area (Å²) < 4.78 is 25.9. The lowest BCUT2D eigenvalue weighted by Gasteiger charge is -2.30. The summed E-state index contributed by atoms with van der Waals surface area (Å²) in [5, 5.41) is 0. The molecule has 0 saturated carbocycles. The molecule has 0 spiro atoms. The lowest BCUT2D eigenvalue weighted by Crippen LogP contribution is -2.41. The number of rotatable bonds is 3. The van der Waals surface area contributed by atoms with Gasteiger partial charge in [0.05, 0.1) is 6.54 Å². The maximum absolute atomic E-state index is 13.1. The first-order valence-corrected chi connectivity index (χ1v) is 6.13. The molecule has 1 fully saturated rings. The van der Waals surface area contributed by atoms with E-state index in [2.05, 4.69) is 18.7 Å². The Bertz CT molecular complexity index is 471. The maximum atomic E-state index is 13.1. The minimum atomic E-state index is -0.971. The SMILES string of the molecule is CC1(C)CCCN1CC(=O)c1ccc(F)c(F)c1. The van der Waals surface area contributed by atoms with Crippen molar-refractivity contribution in [3.63, 3.8) is 0 Å². The minimum absolute atomic E-state index is 0.00817. The Morgan fingerprint density at radius 2 is 2.06 bits per heavy atom. The van der Waals surface area contributed by atoms with Gasteiger partial charge in [-0.3, -0.25) is 9.69 Å². The monoisotopic (exact) mass is 253 g/mol. The highest BCUT2D eigenvalue weighted by molar-refractivity contribution is 5.97. The van der Waals surface area contributed by atoms with Gasteiger partial charge < -0.3 is 0 Å². The number of carbonyl (C=O) groups excluding carboxylic acids is 1. The zero-order valence-corrected chi connectivity index (χ0v) is 10.7. The van der Waals surface area contributed by atoms with Crippen molar-refractivity contribution in [2.45, 2.75) is 32.2 Å². The van der Waals surface area contributed by atoms with Crippen molar-refractivity contribution >= 4 is 5.78 Å². The molecule has 0 radical (unpaired) electrons. The van der Waals surface area contributed by atoms with Gasteiger partial charge in [0.1, 0.15) is 0 Å². The Morgan fingerprint density at radius 1 is 1.33 bits per heavy atom. The summed E-state index contributed by atoms with van der Waals surface area (Å²) >= 11 is 0. The van der Waals surface area contributed by atoms with Gasteiger partial charge in [0.15, 0.2) is 17.4 Å². The first kappa shape index (κ1) is 13.1. The molecule has 0 aromatic heterocycles. The number of ketones is 1. The van der Waals surface area contributed by atoms with Gasteiger partial charge in [-0.25, -0.2) is 8.78 Å². The van der Waals surface area contributed by atoms with Crippen LogP contribution in [0.5, 0.6) is 0 Å². The number of carbonyl (C=O) groups is 1. The van der Waals surface area contributed by atoms with Gasteiger partial charge in [-0.2, -0.15) is 0 Å². The molecule has 1 aliphatic rings. The maximum Gasteiger partial charge on any atom is 0.176 e. The Kier molecular flexibility index (Phi) is 3.48. The first-order valence-electron chi connectivity index (χ1n) is 6.13. The van der Waals surface area contributed by atoms with E-state index in [0.29, 0.717) is 0 Å². The molecule has 98 valence electrons. The third-order valence-electron chi connectivity index (χ3n) is 3.65. The largest absolute Gasteiger partial charge is 0.293 e. The quantitative estimate of drug-likeness (QED) is 0.772. The van der Waals surface area contributed by atoms with Crippen molar-refractivity contribution in [3.8, 4) is 0 Å². The number of benzene rings is 1. The van der Waals surface area contributed by atoms with Crippen LogP contribution in [0.15, 0.2) is 18.2 Å². The average molecular weight is 253 g/mol. The summed E-state index contributed by atoms with van der Waals surface area (Å²) in [5.74, 6) is -2.06. The third kappa shape index (κ3) is 2.58. The lowest BCUT2D eigenvalue weighted by molar-refractivity contribution is 0.0871. The van der Waals surface area contributed by atoms with E-state index in [9.17, 15) is 13.6 Å². The number of Topliss-reactive ketones (excluding diaryl/α,β-unsaturated/α-hetero) is 1. The summed E-state index contributed by atoms with van der Waals surface area (Å²) in [6, 6.07) is 3.31. The van der Waals surface area contributed by atoms with Crippen LogP contribution in [0.4, 0.5) is 8.78 Å². The molecule has 1 aromatic carbocycles. The number of hydrogen-bond donors (Lipinski definition) is 0. The number of nitrogens with zero attached hydrogens (tertiary/aromatic N) is 1. The second kappa shape index (κ2) is 4.76. The van der Waals surface area contributed by atoms with Gasteiger partial charge in [-0.05, 0) is 51.4 Å². The molecule has 1 aliphatic heterocycles. The highest BCUT2D eigenvalue weighted by atomic mass is 19.2. The molecular formula is C14H17F2NO. The van der Waals surface area contributed by atoms with Crippen molar-refractivity contribution in [1.82, 2.24) is 4.90 Å². The zero-order chi connectivity index (χ0) is 13.3. The zero-order valence-electron chi connectivity index (χ0n) is 10.7. The van der Waals surface area contributed by atoms with E-state index >= 15 is 0 Å². The summed E-state index contributed by atoms with van der Waals surface area (Å²) in [6.07, 6.45) is 2.12. The summed E-state index contributed by atoms with van der Waals surface area (Å²) in [5.41, 5.74) is 0.241. The molecule has 0 atom stereocenters. The molecule has 0 N–H and O–H groups in total. The third-order valence-corrected chi connectivity index (χ3v) is 3.65. The first-order chi connectivity index (χ1) is 8.40. The predicted molar refractivity (Wildman–Crippen MR) is 65.6 cm³/mol. The van der Waals surface area contributed by atoms with E-state index in [0.717, 1.165) is 31.5 Å². The normalized spacial score (nSPS) is 19.1. The molecule has 1 saturated heterocycles. The Hall–Kier alpha value is -1.29. The van der Waals surface area contributed by atoms with Crippen molar-refractivity contribution in [3.05, 3.63) is 35.4 Å². The molecule has 4 heteroatoms. The smallest absolute Gasteiger partial charge is 0.176 e. The summed E-state index contributed by atoms with van der Waals surface area (Å²) in [6.45, 7) is 5.33. The topological polar surface area (TPSA) is 20.3 Å². The standard InChI is InChI=1S/C14H17F2NO/c1-14(2)6-3-7-17(14)9-13(18)10-4-5-11(15)12(16)8-10/h4-5,8H,3,6-7,9H2,1-2H3. The average Bonchev–Trinajstić information content (AvgIpc) is 2.62. The summed E-state index contributed by atoms with van der Waals surface area (Å²) in [4.78, 5) is 14.1.